The predicted octanol–water partition coefficient (Wildman–Crippen LogP) is 30.8. The molecule has 0 aliphatic carbocycles. The highest BCUT2D eigenvalue weighted by Gasteiger charge is 2.41. The smallest absolute Gasteiger partial charge is 0.426 e. The van der Waals surface area contributed by atoms with Gasteiger partial charge in [0.05, 0.1) is 73.0 Å². The molecule has 0 saturated carbocycles. The van der Waals surface area contributed by atoms with Crippen molar-refractivity contribution in [2.45, 2.75) is 243 Å². The number of ether oxygens (including phenoxy) is 12. The molecule has 0 heterocycles. The fourth-order valence-electron chi connectivity index (χ4n) is 15.2. The third-order valence-electron chi connectivity index (χ3n) is 23.7. The Bertz CT molecular complexity index is 5520. The maximum atomic E-state index is 15.4. The second-order valence-electron chi connectivity index (χ2n) is 35.7. The zero-order valence-corrected chi connectivity index (χ0v) is 84.8. The number of carbonyl (C=O) groups excluding carboxylic acids is 6. The molecule has 10 aromatic rings. The fourth-order valence-corrected chi connectivity index (χ4v) is 15.2. The maximum absolute atomic E-state index is 15.4. The number of benzene rings is 10. The van der Waals surface area contributed by atoms with Gasteiger partial charge in [-0.25, -0.2) is 28.8 Å². The molecular weight excluding hydrogens is 1960 g/mol. The Morgan fingerprint density at radius 2 is 0.387 bits per heavy atom. The van der Waals surface area contributed by atoms with Crippen molar-refractivity contribution in [2.75, 3.05) is 39.6 Å². The van der Waals surface area contributed by atoms with Crippen LogP contribution in [0.4, 0.5) is 52.7 Å². The molecule has 0 unspecified atom stereocenters. The van der Waals surface area contributed by atoms with Gasteiger partial charge in [0.25, 0.3) is 0 Å². The van der Waals surface area contributed by atoms with Crippen LogP contribution in [-0.2, 0) is 132 Å². The number of alkyl halides is 12. The van der Waals surface area contributed by atoms with Gasteiger partial charge in [-0.2, -0.15) is 52.7 Å². The third-order valence-corrected chi connectivity index (χ3v) is 23.7. The minimum Gasteiger partial charge on any atom is -0.463 e. The molecule has 804 valence electrons. The zero-order valence-electron chi connectivity index (χ0n) is 84.8. The topological polar surface area (TPSA) is 213 Å². The van der Waals surface area contributed by atoms with E-state index in [-0.39, 0.29) is 78.7 Å². The lowest BCUT2D eigenvalue weighted by Gasteiger charge is -2.22. The van der Waals surface area contributed by atoms with Crippen LogP contribution in [0, 0.1) is 0 Å². The summed E-state index contributed by atoms with van der Waals surface area (Å²) in [7, 11) is 0. The molecule has 0 amide bonds. The van der Waals surface area contributed by atoms with Crippen molar-refractivity contribution in [3.05, 3.63) is 372 Å². The van der Waals surface area contributed by atoms with E-state index < -0.39 is 72.5 Å². The zero-order chi connectivity index (χ0) is 109. The summed E-state index contributed by atoms with van der Waals surface area (Å²) in [4.78, 5) is 66.9. The van der Waals surface area contributed by atoms with Crippen LogP contribution >= 0.6 is 0 Å². The van der Waals surface area contributed by atoms with Crippen LogP contribution in [0.3, 0.4) is 0 Å². The molecule has 0 saturated heterocycles. The molecule has 0 spiro atoms. The van der Waals surface area contributed by atoms with Crippen LogP contribution in [0.5, 0.6) is 34.5 Å². The number of unbranched alkanes of at least 4 members (excludes halogenated alkanes) is 18. The van der Waals surface area contributed by atoms with Crippen molar-refractivity contribution in [3.63, 3.8) is 0 Å². The first-order valence-corrected chi connectivity index (χ1v) is 50.3. The molecule has 150 heavy (non-hydrogen) atoms. The summed E-state index contributed by atoms with van der Waals surface area (Å²) < 4.78 is 241. The normalized spacial score (nSPS) is 11.5. The minimum atomic E-state index is -3.70. The average Bonchev–Trinajstić information content (AvgIpc) is 0.772. The summed E-state index contributed by atoms with van der Waals surface area (Å²) in [5.41, 5.74) is 4.13. The standard InChI is InChI=1S/C42H44F4O6.C40H46F4O6.C38H42F4O6/c1-3-39(47)49-29-13-7-5-9-15-31-19-23-33(24-20-31)41(43,44)51-37-27-28-38(36-18-12-11-17-35(36)37)52-42(45,46)34-25-21-32(22-26-34)16-10-6-8-14-30-50-40(48)4-2;1-29(2)37(45)47-27-11-7-5-9-13-31-15-19-33(20-16-31)39(41,42)49-35-23-25-36(26-24-35)50-40(43,44)34-21-17-32(18-22-34)14-10-6-8-12-28-48-38(46)30(3)4;1-3-35(43)45-27-11-7-5-9-13-29-15-19-31(20-16-29)37(39,40)47-33-23-25-34(26-24-33)48-38(41,42)32-21-17-30(18-22-32)14-10-6-8-12-28-46-36(44)4-2/h3-4,11-12,17-28H,1-2,5-10,13-16,29-30H2;15-26H,1,3,5-14,27-28H2,2,4H3;3-4,15-26H,1-2,5-14,27-28H2. The van der Waals surface area contributed by atoms with E-state index in [4.69, 9.17) is 56.8 Å². The highest BCUT2D eigenvalue weighted by Crippen LogP contribution is 2.44. The Balaban J connectivity index is 0.000000274. The number of hydrogen-bond donors (Lipinski definition) is 0. The number of halogens is 12. The number of rotatable bonds is 66. The monoisotopic (exact) mass is 2090 g/mol. The summed E-state index contributed by atoms with van der Waals surface area (Å²) in [6.07, 6.45) is 7.12. The summed E-state index contributed by atoms with van der Waals surface area (Å²) >= 11 is 0. The summed E-state index contributed by atoms with van der Waals surface area (Å²) in [6, 6.07) is 53.2. The average molecular weight is 2090 g/mol. The van der Waals surface area contributed by atoms with E-state index in [1.807, 2.05) is 0 Å². The lowest BCUT2D eigenvalue weighted by atomic mass is 10.0. The van der Waals surface area contributed by atoms with Crippen molar-refractivity contribution < 1.29 is 138 Å². The van der Waals surface area contributed by atoms with E-state index in [0.717, 1.165) is 260 Å². The summed E-state index contributed by atoms with van der Waals surface area (Å²) in [5.74, 6) is -3.75. The molecule has 0 aromatic heterocycles. The van der Waals surface area contributed by atoms with Crippen LogP contribution in [0.15, 0.2) is 305 Å². The number of hydrogen-bond acceptors (Lipinski definition) is 18. The first-order chi connectivity index (χ1) is 71.8. The van der Waals surface area contributed by atoms with Gasteiger partial charge in [-0.15, -0.1) is 0 Å². The van der Waals surface area contributed by atoms with E-state index in [1.165, 1.54) is 97.1 Å². The van der Waals surface area contributed by atoms with Gasteiger partial charge in [0.2, 0.25) is 0 Å². The van der Waals surface area contributed by atoms with E-state index >= 15 is 17.6 Å². The highest BCUT2D eigenvalue weighted by atomic mass is 19.3. The number of aryl methyl sites for hydroxylation is 6. The molecule has 10 rings (SSSR count). The molecule has 10 aromatic carbocycles. The van der Waals surface area contributed by atoms with Gasteiger partial charge in [-0.3, -0.25) is 0 Å². The first kappa shape index (κ1) is 121. The fraction of sp³-hybridized carbons (Fsp3) is 0.367. The quantitative estimate of drug-likeness (QED) is 0.0114. The van der Waals surface area contributed by atoms with Gasteiger partial charge < -0.3 is 56.8 Å². The predicted molar refractivity (Wildman–Crippen MR) is 552 cm³/mol. The van der Waals surface area contributed by atoms with Gasteiger partial charge in [0.15, 0.2) is 0 Å². The second kappa shape index (κ2) is 62.9. The van der Waals surface area contributed by atoms with E-state index in [9.17, 15) is 63.9 Å². The highest BCUT2D eigenvalue weighted by molar-refractivity contribution is 5.93. The Morgan fingerprint density at radius 1 is 0.220 bits per heavy atom. The van der Waals surface area contributed by atoms with E-state index in [2.05, 4.69) is 39.5 Å². The number of carbonyl (C=O) groups is 6. The molecule has 0 fully saturated rings. The summed E-state index contributed by atoms with van der Waals surface area (Å²) in [6.45, 7) is 25.7. The van der Waals surface area contributed by atoms with E-state index in [1.54, 1.807) is 98.8 Å². The number of fused-ring (bicyclic) bond motifs is 1. The molecule has 0 aliphatic heterocycles. The third kappa shape index (κ3) is 43.8. The Morgan fingerprint density at radius 3 is 0.560 bits per heavy atom. The Hall–Kier alpha value is -14.3. The van der Waals surface area contributed by atoms with Crippen LogP contribution in [-0.4, -0.2) is 75.5 Å². The minimum absolute atomic E-state index is 0.179. The number of esters is 6. The van der Waals surface area contributed by atoms with Crippen LogP contribution in [0.1, 0.15) is 235 Å². The van der Waals surface area contributed by atoms with Crippen LogP contribution < -0.4 is 28.4 Å². The molecule has 0 N–H and O–H groups in total. The lowest BCUT2D eigenvalue weighted by molar-refractivity contribution is -0.188. The first-order valence-electron chi connectivity index (χ1n) is 50.3. The molecule has 0 radical (unpaired) electrons. The van der Waals surface area contributed by atoms with Gasteiger partial charge in [-0.05, 0) is 296 Å². The van der Waals surface area contributed by atoms with Crippen molar-refractivity contribution in [1.82, 2.24) is 0 Å². The van der Waals surface area contributed by atoms with Crippen LogP contribution in [0.25, 0.3) is 10.8 Å². The van der Waals surface area contributed by atoms with Gasteiger partial charge in [0, 0.05) is 46.2 Å². The second-order valence-corrected chi connectivity index (χ2v) is 35.7. The van der Waals surface area contributed by atoms with Gasteiger partial charge >= 0.3 is 72.5 Å². The van der Waals surface area contributed by atoms with E-state index in [0.29, 0.717) is 89.3 Å². The van der Waals surface area contributed by atoms with Gasteiger partial charge in [-0.1, -0.05) is 214 Å². The molecule has 30 heteroatoms. The molecule has 0 bridgehead atoms. The largest absolute Gasteiger partial charge is 0.463 e. The SMILES string of the molecule is C=C(C)C(=O)OCCCCCCc1ccc(C(F)(F)Oc2ccc(OC(F)(F)c3ccc(CCCCCCOC(=O)C(=C)C)cc3)cc2)cc1.C=CC(=O)OCCCCCCc1ccc(C(F)(F)Oc2ccc(OC(F)(F)c3ccc(CCCCCCOC(=O)C=C)cc3)c3ccccc23)cc1.C=CC(=O)OCCCCCCc1ccc(C(F)(F)Oc2ccc(OC(F)(F)c3ccc(CCCCCCOC(=O)C=C)cc3)cc2)cc1. The van der Waals surface area contributed by atoms with Gasteiger partial charge in [0.1, 0.15) is 34.5 Å². The summed E-state index contributed by atoms with van der Waals surface area (Å²) in [5, 5.41) is 0.390. The maximum Gasteiger partial charge on any atom is 0.426 e. The Kier molecular flexibility index (Phi) is 50.7. The molecule has 0 atom stereocenters. The lowest BCUT2D eigenvalue weighted by Crippen LogP contribution is -2.23. The molecular formula is C120H132F12O18. The van der Waals surface area contributed by atoms with Crippen molar-refractivity contribution in [1.29, 1.82) is 0 Å². The van der Waals surface area contributed by atoms with Crippen molar-refractivity contribution in [3.8, 4) is 34.5 Å². The Labute approximate surface area is 869 Å². The molecule has 0 aliphatic rings. The molecule has 18 nitrogen and oxygen atoms in total. The van der Waals surface area contributed by atoms with Crippen molar-refractivity contribution in [2.24, 2.45) is 0 Å². The van der Waals surface area contributed by atoms with Crippen molar-refractivity contribution >= 4 is 46.6 Å². The van der Waals surface area contributed by atoms with Crippen LogP contribution in [0.2, 0.25) is 0 Å².